The van der Waals surface area contributed by atoms with Gasteiger partial charge in [0.2, 0.25) is 23.7 Å². The van der Waals surface area contributed by atoms with Crippen molar-refractivity contribution in [1.82, 2.24) is 54.0 Å². The van der Waals surface area contributed by atoms with Crippen molar-refractivity contribution in [2.24, 2.45) is 5.73 Å². The normalized spacial score (nSPS) is 13.8. The average molecular weight is 878 g/mol. The number of H-pyrrole nitrogens is 2. The Hall–Kier alpha value is -4.74. The van der Waals surface area contributed by atoms with Gasteiger partial charge in [-0.3, -0.25) is 43.4 Å². The molecule has 324 valence electrons. The molecule has 0 aliphatic carbocycles. The van der Waals surface area contributed by atoms with Gasteiger partial charge in [0.05, 0.1) is 12.5 Å². The molecular formula is C36H55N13O7S3. The number of anilines is 1. The summed E-state index contributed by atoms with van der Waals surface area (Å²) in [7, 11) is 0. The molecular weight excluding hydrogens is 823 g/mol. The van der Waals surface area contributed by atoms with Crippen LogP contribution < -0.4 is 33.6 Å². The zero-order valence-corrected chi connectivity index (χ0v) is 36.0. The summed E-state index contributed by atoms with van der Waals surface area (Å²) >= 11 is 4.73. The number of hydrogen-bond acceptors (Lipinski definition) is 14. The largest absolute Gasteiger partial charge is 0.369 e. The molecule has 0 saturated heterocycles. The van der Waals surface area contributed by atoms with Crippen LogP contribution >= 0.6 is 35.3 Å². The van der Waals surface area contributed by atoms with Crippen molar-refractivity contribution in [3.63, 3.8) is 0 Å². The Labute approximate surface area is 354 Å². The van der Waals surface area contributed by atoms with Gasteiger partial charge in [0.25, 0.3) is 11.1 Å². The predicted molar refractivity (Wildman–Crippen MR) is 233 cm³/mol. The van der Waals surface area contributed by atoms with E-state index in [0.29, 0.717) is 68.7 Å². The highest BCUT2D eigenvalue weighted by atomic mass is 32.2. The Morgan fingerprint density at radius 3 is 2.10 bits per heavy atom. The number of unbranched alkanes of at least 4 members (excludes halogenated alkanes) is 1. The van der Waals surface area contributed by atoms with E-state index in [2.05, 4.69) is 25.3 Å². The first-order chi connectivity index (χ1) is 28.4. The molecule has 0 bridgehead atoms. The zero-order chi connectivity index (χ0) is 42.7. The number of imidazole rings is 1. The van der Waals surface area contributed by atoms with Crippen LogP contribution in [0.1, 0.15) is 32.6 Å². The van der Waals surface area contributed by atoms with Gasteiger partial charge in [-0.15, -0.1) is 0 Å². The van der Waals surface area contributed by atoms with Crippen molar-refractivity contribution in [3.8, 4) is 0 Å². The fourth-order valence-corrected chi connectivity index (χ4v) is 8.13. The van der Waals surface area contributed by atoms with E-state index in [0.717, 1.165) is 18.6 Å². The standard InChI is InChI=1S/C36H55N13O7S3/c1-3-4-9-44(30(53)24-49-25-39-32-31(49)33(54)43-34(38)42-32)17-22-58-20-8-29(52)46(13-15-48-11-6-27(50)41-36(48)56)18-23-59-19-7-28(51)45(16-21-57-2)12-14-47-10-5-26(37)40-35(47)55/h5-6,10-11,25-26H,3-4,7-9,12-24,37H2,1-2H3,(H,40,55)(H,41,50,56)(H3,38,42,43,54). The molecule has 1 aliphatic heterocycles. The number of nitrogens with one attached hydrogen (secondary N) is 3. The van der Waals surface area contributed by atoms with E-state index in [-0.39, 0.29) is 66.9 Å². The maximum Gasteiger partial charge on any atom is 0.328 e. The number of carbonyl (C=O) groups excluding carboxylic acids is 4. The van der Waals surface area contributed by atoms with Crippen LogP contribution in [0.15, 0.2) is 45.3 Å². The number of nitrogens with zero attached hydrogens (tertiary/aromatic N) is 8. The number of fused-ring (bicyclic) bond motifs is 1. The molecule has 7 N–H and O–H groups in total. The summed E-state index contributed by atoms with van der Waals surface area (Å²) in [6.07, 6.45) is 9.78. The van der Waals surface area contributed by atoms with Gasteiger partial charge >= 0.3 is 11.7 Å². The van der Waals surface area contributed by atoms with Crippen LogP contribution in [0.25, 0.3) is 11.2 Å². The van der Waals surface area contributed by atoms with Gasteiger partial charge in [0.1, 0.15) is 6.54 Å². The molecule has 0 radical (unpaired) electrons. The molecule has 23 heteroatoms. The van der Waals surface area contributed by atoms with Gasteiger partial charge in [-0.05, 0) is 18.8 Å². The molecule has 20 nitrogen and oxygen atoms in total. The minimum atomic E-state index is -0.559. The number of hydrogen-bond donors (Lipinski definition) is 5. The first-order valence-electron chi connectivity index (χ1n) is 19.4. The Kier molecular flexibility index (Phi) is 19.4. The molecule has 0 spiro atoms. The number of aromatic nitrogens is 6. The van der Waals surface area contributed by atoms with E-state index < -0.39 is 23.0 Å². The Balaban J connectivity index is 1.26. The first-order valence-corrected chi connectivity index (χ1v) is 23.1. The third kappa shape index (κ3) is 15.1. The second kappa shape index (κ2) is 24.4. The smallest absolute Gasteiger partial charge is 0.328 e. The number of carbonyl (C=O) groups is 4. The predicted octanol–water partition coefficient (Wildman–Crippen LogP) is -0.0288. The summed E-state index contributed by atoms with van der Waals surface area (Å²) in [6, 6.07) is 0.950. The lowest BCUT2D eigenvalue weighted by Crippen LogP contribution is -2.51. The van der Waals surface area contributed by atoms with E-state index in [9.17, 15) is 33.6 Å². The van der Waals surface area contributed by atoms with E-state index in [1.807, 2.05) is 13.2 Å². The van der Waals surface area contributed by atoms with Crippen molar-refractivity contribution in [3.05, 3.63) is 62.1 Å². The number of rotatable bonds is 26. The van der Waals surface area contributed by atoms with Crippen LogP contribution in [0.5, 0.6) is 0 Å². The van der Waals surface area contributed by atoms with Gasteiger partial charge < -0.3 is 36.1 Å². The fraction of sp³-hybridized carbons (Fsp3) is 0.583. The summed E-state index contributed by atoms with van der Waals surface area (Å²) in [5.41, 5.74) is 10.2. The quantitative estimate of drug-likeness (QED) is 0.0664. The molecule has 1 atom stereocenters. The Morgan fingerprint density at radius 1 is 0.831 bits per heavy atom. The van der Waals surface area contributed by atoms with E-state index in [4.69, 9.17) is 11.5 Å². The minimum Gasteiger partial charge on any atom is -0.369 e. The van der Waals surface area contributed by atoms with Crippen LogP contribution in [-0.2, 0) is 27.5 Å². The molecule has 0 saturated carbocycles. The maximum atomic E-state index is 13.5. The number of thioether (sulfide) groups is 3. The van der Waals surface area contributed by atoms with E-state index >= 15 is 0 Å². The highest BCUT2D eigenvalue weighted by molar-refractivity contribution is 7.99. The number of amides is 5. The van der Waals surface area contributed by atoms with Crippen LogP contribution in [-0.4, -0.2) is 159 Å². The number of nitrogens with two attached hydrogens (primary N) is 2. The molecule has 3 aromatic rings. The van der Waals surface area contributed by atoms with Crippen molar-refractivity contribution in [1.29, 1.82) is 0 Å². The van der Waals surface area contributed by atoms with Crippen LogP contribution in [0.3, 0.4) is 0 Å². The highest BCUT2D eigenvalue weighted by Gasteiger charge is 2.21. The third-order valence-corrected chi connectivity index (χ3v) is 11.8. The molecule has 4 heterocycles. The Morgan fingerprint density at radius 2 is 1.47 bits per heavy atom. The molecule has 0 fully saturated rings. The number of nitrogen functional groups attached to an aromatic ring is 1. The summed E-state index contributed by atoms with van der Waals surface area (Å²) in [5.74, 6) is 2.62. The third-order valence-electron chi connectivity index (χ3n) is 9.29. The molecule has 5 amide bonds. The molecule has 0 aromatic carbocycles. The van der Waals surface area contributed by atoms with E-state index in [1.54, 1.807) is 62.3 Å². The lowest BCUT2D eigenvalue weighted by Gasteiger charge is -2.29. The van der Waals surface area contributed by atoms with Crippen LogP contribution in [0.4, 0.5) is 10.7 Å². The number of aromatic amines is 2. The summed E-state index contributed by atoms with van der Waals surface area (Å²) < 4.78 is 2.81. The molecule has 1 unspecified atom stereocenters. The Bertz CT molecular complexity index is 2070. The summed E-state index contributed by atoms with van der Waals surface area (Å²) in [4.78, 5) is 108. The SMILES string of the molecule is CCCCN(CCSCCC(=O)N(CCSCCC(=O)N(CCSC)CCN1C=CC(N)NC1=O)CCn1ccc(=O)[nH]c1=O)C(=O)Cn1cnc2nc(N)[nH]c(=O)c21. The van der Waals surface area contributed by atoms with Gasteiger partial charge in [0, 0.05) is 112 Å². The minimum absolute atomic E-state index is 0.0182. The summed E-state index contributed by atoms with van der Waals surface area (Å²) in [5, 5.41) is 2.64. The zero-order valence-electron chi connectivity index (χ0n) is 33.5. The van der Waals surface area contributed by atoms with Gasteiger partial charge in [-0.2, -0.15) is 40.3 Å². The summed E-state index contributed by atoms with van der Waals surface area (Å²) in [6.45, 7) is 5.06. The van der Waals surface area contributed by atoms with Gasteiger partial charge in [-0.1, -0.05) is 13.3 Å². The lowest BCUT2D eigenvalue weighted by atomic mass is 10.3. The van der Waals surface area contributed by atoms with Crippen LogP contribution in [0, 0.1) is 0 Å². The van der Waals surface area contributed by atoms with Gasteiger partial charge in [0.15, 0.2) is 11.2 Å². The molecule has 4 rings (SSSR count). The molecule has 1 aliphatic rings. The lowest BCUT2D eigenvalue weighted by molar-refractivity contribution is -0.132. The monoisotopic (exact) mass is 877 g/mol. The van der Waals surface area contributed by atoms with Crippen molar-refractivity contribution < 1.29 is 19.2 Å². The second-order valence-corrected chi connectivity index (χ2v) is 17.0. The van der Waals surface area contributed by atoms with Gasteiger partial charge in [-0.25, -0.2) is 14.6 Å². The van der Waals surface area contributed by atoms with Crippen molar-refractivity contribution in [2.75, 3.05) is 86.6 Å². The highest BCUT2D eigenvalue weighted by Crippen LogP contribution is 2.12. The van der Waals surface area contributed by atoms with Crippen LogP contribution in [0.2, 0.25) is 0 Å². The topological polar surface area (TPSA) is 264 Å². The maximum absolute atomic E-state index is 13.5. The fourth-order valence-electron chi connectivity index (χ4n) is 5.98. The molecule has 59 heavy (non-hydrogen) atoms. The second-order valence-electron chi connectivity index (χ2n) is 13.5. The average Bonchev–Trinajstić information content (AvgIpc) is 3.60. The number of urea groups is 1. The van der Waals surface area contributed by atoms with E-state index in [1.165, 1.54) is 32.6 Å². The van der Waals surface area contributed by atoms with Crippen molar-refractivity contribution in [2.45, 2.75) is 51.9 Å². The molecule has 3 aromatic heterocycles. The van der Waals surface area contributed by atoms with Crippen molar-refractivity contribution >= 4 is 76.2 Å². The first kappa shape index (κ1) is 46.9.